The van der Waals surface area contributed by atoms with E-state index in [1.165, 1.54) is 28.5 Å². The second-order valence-corrected chi connectivity index (χ2v) is 9.53. The molecule has 180 valence electrons. The van der Waals surface area contributed by atoms with Gasteiger partial charge in [-0.15, -0.1) is 0 Å². The zero-order valence-corrected chi connectivity index (χ0v) is 21.3. The predicted octanol–water partition coefficient (Wildman–Crippen LogP) is 7.36. The number of fused-ring (bicyclic) bond motifs is 1. The fourth-order valence-electron chi connectivity index (χ4n) is 3.69. The normalized spacial score (nSPS) is 12.1. The Hall–Kier alpha value is -3.64. The largest absolute Gasteiger partial charge is 0.493 e. The van der Waals surface area contributed by atoms with Crippen molar-refractivity contribution in [3.8, 4) is 11.5 Å². The molecule has 0 fully saturated rings. The Morgan fingerprint density at radius 1 is 1.11 bits per heavy atom. The van der Waals surface area contributed by atoms with E-state index in [1.54, 1.807) is 13.2 Å². The fourth-order valence-corrected chi connectivity index (χ4v) is 4.61. The second kappa shape index (κ2) is 11.2. The number of anilines is 1. The number of hydrogen-bond acceptors (Lipinski definition) is 5. The van der Waals surface area contributed by atoms with E-state index in [4.69, 9.17) is 9.47 Å². The summed E-state index contributed by atoms with van der Waals surface area (Å²) in [6.45, 7) is 6.92. The molecule has 5 nitrogen and oxygen atoms in total. The fraction of sp³-hybridized carbons (Fsp3) is 0.241. The van der Waals surface area contributed by atoms with Crippen molar-refractivity contribution in [2.24, 2.45) is 0 Å². The summed E-state index contributed by atoms with van der Waals surface area (Å²) >= 11 is 1.49. The molecular formula is C29H30N2O3S. The molecule has 0 spiro atoms. The Morgan fingerprint density at radius 3 is 2.71 bits per heavy atom. The number of benzene rings is 3. The number of nitrogens with zero attached hydrogens (tertiary/aromatic N) is 1. The average molecular weight is 487 g/mol. The van der Waals surface area contributed by atoms with Crippen LogP contribution in [0.5, 0.6) is 11.5 Å². The molecule has 1 amide bonds. The van der Waals surface area contributed by atoms with E-state index in [1.807, 2.05) is 42.5 Å². The minimum atomic E-state index is -0.231. The third-order valence-electron chi connectivity index (χ3n) is 6.08. The quantitative estimate of drug-likeness (QED) is 0.251. The van der Waals surface area contributed by atoms with E-state index >= 15 is 0 Å². The van der Waals surface area contributed by atoms with Gasteiger partial charge < -0.3 is 9.47 Å². The molecule has 4 rings (SSSR count). The van der Waals surface area contributed by atoms with E-state index in [2.05, 4.69) is 49.3 Å². The Kier molecular flexibility index (Phi) is 7.83. The molecule has 0 bridgehead atoms. The summed E-state index contributed by atoms with van der Waals surface area (Å²) in [4.78, 5) is 17.1. The maximum Gasteiger partial charge on any atom is 0.250 e. The van der Waals surface area contributed by atoms with Crippen LogP contribution in [-0.4, -0.2) is 18.0 Å². The zero-order valence-electron chi connectivity index (χ0n) is 20.5. The molecule has 0 saturated heterocycles. The Morgan fingerprint density at radius 2 is 1.94 bits per heavy atom. The van der Waals surface area contributed by atoms with Gasteiger partial charge in [0.1, 0.15) is 6.61 Å². The van der Waals surface area contributed by atoms with Crippen molar-refractivity contribution in [3.63, 3.8) is 0 Å². The summed E-state index contributed by atoms with van der Waals surface area (Å²) in [5.74, 6) is 1.54. The summed E-state index contributed by atoms with van der Waals surface area (Å²) in [5.41, 5.74) is 5.33. The maximum atomic E-state index is 12.5. The predicted molar refractivity (Wildman–Crippen MR) is 144 cm³/mol. The van der Waals surface area contributed by atoms with Gasteiger partial charge in [-0.05, 0) is 71.9 Å². The van der Waals surface area contributed by atoms with Crippen LogP contribution < -0.4 is 14.8 Å². The summed E-state index contributed by atoms with van der Waals surface area (Å²) < 4.78 is 12.6. The highest BCUT2D eigenvalue weighted by atomic mass is 32.1. The number of aromatic nitrogens is 1. The first-order valence-electron chi connectivity index (χ1n) is 11.7. The van der Waals surface area contributed by atoms with Crippen molar-refractivity contribution in [2.45, 2.75) is 39.7 Å². The molecule has 1 aromatic heterocycles. The number of thiazole rings is 1. The number of amides is 1. The van der Waals surface area contributed by atoms with Crippen molar-refractivity contribution in [1.29, 1.82) is 0 Å². The maximum absolute atomic E-state index is 12.5. The van der Waals surface area contributed by atoms with E-state index < -0.39 is 0 Å². The lowest BCUT2D eigenvalue weighted by Crippen LogP contribution is -2.07. The molecule has 4 aromatic rings. The van der Waals surface area contributed by atoms with Gasteiger partial charge in [-0.25, -0.2) is 4.98 Å². The molecule has 1 atom stereocenters. The molecule has 6 heteroatoms. The summed E-state index contributed by atoms with van der Waals surface area (Å²) in [6.07, 6.45) is 4.33. The highest BCUT2D eigenvalue weighted by Crippen LogP contribution is 2.31. The first kappa shape index (κ1) is 24.5. The molecule has 1 heterocycles. The van der Waals surface area contributed by atoms with E-state index in [9.17, 15) is 4.79 Å². The molecule has 35 heavy (non-hydrogen) atoms. The van der Waals surface area contributed by atoms with Crippen LogP contribution in [0.25, 0.3) is 16.3 Å². The van der Waals surface area contributed by atoms with Gasteiger partial charge >= 0.3 is 0 Å². The van der Waals surface area contributed by atoms with Gasteiger partial charge in [-0.1, -0.05) is 61.6 Å². The van der Waals surface area contributed by atoms with Crippen LogP contribution in [0.1, 0.15) is 48.4 Å². The monoisotopic (exact) mass is 486 g/mol. The van der Waals surface area contributed by atoms with Crippen LogP contribution >= 0.6 is 11.3 Å². The molecule has 0 aliphatic rings. The molecular weight excluding hydrogens is 456 g/mol. The number of methoxy groups -OCH3 is 1. The standard InChI is InChI=1S/C29H30N2O3S/c1-5-19(2)22-12-13-24-27(17-22)35-29(30-24)31-28(32)15-11-21-10-14-25(26(16-21)33-4)34-18-23-9-7-6-8-20(23)3/h6-17,19H,5,18H2,1-4H3,(H,30,31,32)/b15-11+. The highest BCUT2D eigenvalue weighted by Gasteiger charge is 2.10. The zero-order chi connectivity index (χ0) is 24.8. The van der Waals surface area contributed by atoms with E-state index in [0.29, 0.717) is 29.2 Å². The SMILES string of the molecule is CCC(C)c1ccc2nc(NC(=O)/C=C/c3ccc(OCc4ccccc4C)c(OC)c3)sc2c1. The summed E-state index contributed by atoms with van der Waals surface area (Å²) in [7, 11) is 1.61. The van der Waals surface area contributed by atoms with Crippen LogP contribution in [0.3, 0.4) is 0 Å². The first-order chi connectivity index (χ1) is 17.0. The number of ether oxygens (including phenoxy) is 2. The van der Waals surface area contributed by atoms with Gasteiger partial charge in [-0.2, -0.15) is 0 Å². The number of nitrogens with one attached hydrogen (secondary N) is 1. The van der Waals surface area contributed by atoms with Gasteiger partial charge in [-0.3, -0.25) is 10.1 Å². The van der Waals surface area contributed by atoms with Crippen molar-refractivity contribution >= 4 is 38.7 Å². The number of carbonyl (C=O) groups excluding carboxylic acids is 1. The molecule has 0 radical (unpaired) electrons. The third kappa shape index (κ3) is 6.08. The second-order valence-electron chi connectivity index (χ2n) is 8.50. The average Bonchev–Trinajstić information content (AvgIpc) is 3.28. The summed E-state index contributed by atoms with van der Waals surface area (Å²) in [6, 6.07) is 20.0. The smallest absolute Gasteiger partial charge is 0.250 e. The van der Waals surface area contributed by atoms with Crippen molar-refractivity contribution in [3.05, 3.63) is 89.0 Å². The van der Waals surface area contributed by atoms with Crippen molar-refractivity contribution in [2.75, 3.05) is 12.4 Å². The van der Waals surface area contributed by atoms with Crippen LogP contribution in [0, 0.1) is 6.92 Å². The first-order valence-corrected chi connectivity index (χ1v) is 12.5. The van der Waals surface area contributed by atoms with Gasteiger partial charge in [0, 0.05) is 6.08 Å². The lowest BCUT2D eigenvalue weighted by Gasteiger charge is -2.12. The Labute approximate surface area is 210 Å². The minimum Gasteiger partial charge on any atom is -0.493 e. The van der Waals surface area contributed by atoms with E-state index in [0.717, 1.165) is 27.8 Å². The lowest BCUT2D eigenvalue weighted by molar-refractivity contribution is -0.111. The van der Waals surface area contributed by atoms with Crippen molar-refractivity contribution < 1.29 is 14.3 Å². The van der Waals surface area contributed by atoms with Gasteiger partial charge in [0.2, 0.25) is 5.91 Å². The number of aryl methyl sites for hydroxylation is 1. The van der Waals surface area contributed by atoms with Gasteiger partial charge in [0.15, 0.2) is 16.6 Å². The van der Waals surface area contributed by atoms with Crippen molar-refractivity contribution in [1.82, 2.24) is 4.98 Å². The molecule has 0 saturated carbocycles. The third-order valence-corrected chi connectivity index (χ3v) is 7.02. The molecule has 0 aliphatic heterocycles. The van der Waals surface area contributed by atoms with Crippen LogP contribution in [0.2, 0.25) is 0 Å². The number of rotatable bonds is 9. The van der Waals surface area contributed by atoms with Crippen LogP contribution in [0.15, 0.2) is 66.7 Å². The van der Waals surface area contributed by atoms with E-state index in [-0.39, 0.29) is 5.91 Å². The Bertz CT molecular complexity index is 1360. The minimum absolute atomic E-state index is 0.231. The molecule has 3 aromatic carbocycles. The number of hydrogen-bond donors (Lipinski definition) is 1. The van der Waals surface area contributed by atoms with Crippen LogP contribution in [0.4, 0.5) is 5.13 Å². The van der Waals surface area contributed by atoms with Gasteiger partial charge in [0.25, 0.3) is 0 Å². The number of carbonyl (C=O) groups is 1. The topological polar surface area (TPSA) is 60.5 Å². The lowest BCUT2D eigenvalue weighted by atomic mass is 9.99. The molecule has 1 unspecified atom stereocenters. The highest BCUT2D eigenvalue weighted by molar-refractivity contribution is 7.22. The Balaban J connectivity index is 1.40. The molecule has 0 aliphatic carbocycles. The van der Waals surface area contributed by atoms with Crippen LogP contribution in [-0.2, 0) is 11.4 Å². The molecule has 1 N–H and O–H groups in total. The van der Waals surface area contributed by atoms with Gasteiger partial charge in [0.05, 0.1) is 17.3 Å². The summed E-state index contributed by atoms with van der Waals surface area (Å²) in [5, 5.41) is 3.46.